The molecule has 0 radical (unpaired) electrons. The van der Waals surface area contributed by atoms with E-state index in [1.54, 1.807) is 0 Å². The summed E-state index contributed by atoms with van der Waals surface area (Å²) in [5, 5.41) is 7.84. The monoisotopic (exact) mass is 340 g/mol. The van der Waals surface area contributed by atoms with E-state index in [0.717, 1.165) is 29.3 Å². The third-order valence-electron chi connectivity index (χ3n) is 4.79. The van der Waals surface area contributed by atoms with Crippen molar-refractivity contribution in [2.75, 3.05) is 6.54 Å². The molecule has 2 unspecified atom stereocenters. The van der Waals surface area contributed by atoms with Gasteiger partial charge in [0.1, 0.15) is 12.4 Å². The summed E-state index contributed by atoms with van der Waals surface area (Å²) >= 11 is 6.02. The number of nitrogens with one attached hydrogen (secondary N) is 2. The Morgan fingerprint density at radius 3 is 3.08 bits per heavy atom. The minimum atomic E-state index is 0.355. The van der Waals surface area contributed by atoms with E-state index in [0.29, 0.717) is 18.6 Å². The molecule has 2 heterocycles. The fraction of sp³-hybridized carbons (Fsp3) is 0.300. The van der Waals surface area contributed by atoms with Crippen LogP contribution in [0.25, 0.3) is 0 Å². The second kappa shape index (κ2) is 6.50. The first kappa shape index (κ1) is 15.6. The van der Waals surface area contributed by atoms with Crippen LogP contribution in [0.5, 0.6) is 0 Å². The standard InChI is InChI=1S/C20H21ClN2O/c1-13-20-18(9-10-22-13)17-7-5-16(6-8-19(17)23-20)24-12-14-3-2-4-15(21)11-14/h2-8,11,13,17,22-23H,9-10,12H2,1H3. The Kier molecular flexibility index (Phi) is 4.21. The van der Waals surface area contributed by atoms with Crippen LogP contribution in [-0.2, 0) is 11.3 Å². The van der Waals surface area contributed by atoms with E-state index < -0.39 is 0 Å². The van der Waals surface area contributed by atoms with Crippen LogP contribution in [0.15, 0.2) is 71.3 Å². The molecule has 3 nitrogen and oxygen atoms in total. The second-order valence-corrected chi connectivity index (χ2v) is 6.87. The summed E-state index contributed by atoms with van der Waals surface area (Å²) in [6.07, 6.45) is 9.61. The lowest BCUT2D eigenvalue weighted by atomic mass is 9.91. The molecule has 2 aliphatic heterocycles. The number of halogens is 1. The average molecular weight is 341 g/mol. The Hall–Kier alpha value is -1.97. The zero-order valence-corrected chi connectivity index (χ0v) is 14.4. The number of hydrogen-bond donors (Lipinski definition) is 2. The smallest absolute Gasteiger partial charge is 0.119 e. The van der Waals surface area contributed by atoms with Gasteiger partial charge >= 0.3 is 0 Å². The molecular formula is C20H21ClN2O. The number of benzene rings is 1. The number of hydrogen-bond acceptors (Lipinski definition) is 3. The zero-order valence-electron chi connectivity index (χ0n) is 13.7. The van der Waals surface area contributed by atoms with E-state index in [1.807, 2.05) is 30.3 Å². The second-order valence-electron chi connectivity index (χ2n) is 6.44. The highest BCUT2D eigenvalue weighted by atomic mass is 35.5. The van der Waals surface area contributed by atoms with E-state index in [4.69, 9.17) is 16.3 Å². The fourth-order valence-corrected chi connectivity index (χ4v) is 3.76. The molecule has 0 spiro atoms. The number of fused-ring (bicyclic) bond motifs is 2. The summed E-state index contributed by atoms with van der Waals surface area (Å²) in [6, 6.07) is 8.18. The van der Waals surface area contributed by atoms with Crippen LogP contribution in [0.4, 0.5) is 0 Å². The van der Waals surface area contributed by atoms with Crippen molar-refractivity contribution in [2.24, 2.45) is 5.92 Å². The van der Waals surface area contributed by atoms with Gasteiger partial charge in [-0.2, -0.15) is 0 Å². The Morgan fingerprint density at radius 2 is 2.21 bits per heavy atom. The Labute approximate surface area is 147 Å². The van der Waals surface area contributed by atoms with Crippen LogP contribution in [0.3, 0.4) is 0 Å². The van der Waals surface area contributed by atoms with Gasteiger partial charge in [-0.05, 0) is 61.4 Å². The van der Waals surface area contributed by atoms with Gasteiger partial charge in [-0.1, -0.05) is 29.8 Å². The minimum absolute atomic E-state index is 0.355. The predicted octanol–water partition coefficient (Wildman–Crippen LogP) is 4.05. The molecule has 124 valence electrons. The van der Waals surface area contributed by atoms with Gasteiger partial charge in [0, 0.05) is 28.4 Å². The number of rotatable bonds is 3. The fourth-order valence-electron chi connectivity index (χ4n) is 3.54. The number of ether oxygens (including phenoxy) is 1. The molecular weight excluding hydrogens is 320 g/mol. The number of allylic oxidation sites excluding steroid dienone is 4. The predicted molar refractivity (Wildman–Crippen MR) is 97.3 cm³/mol. The molecule has 0 bridgehead atoms. The van der Waals surface area contributed by atoms with Crippen LogP contribution >= 0.6 is 11.6 Å². The summed E-state index contributed by atoms with van der Waals surface area (Å²) in [5.41, 5.74) is 5.17. The zero-order chi connectivity index (χ0) is 16.5. The lowest BCUT2D eigenvalue weighted by molar-refractivity contribution is 0.211. The summed E-state index contributed by atoms with van der Waals surface area (Å²) < 4.78 is 5.94. The van der Waals surface area contributed by atoms with Gasteiger partial charge < -0.3 is 15.4 Å². The lowest BCUT2D eigenvalue weighted by Gasteiger charge is -2.23. The van der Waals surface area contributed by atoms with Gasteiger partial charge in [0.25, 0.3) is 0 Å². The first-order valence-electron chi connectivity index (χ1n) is 8.41. The van der Waals surface area contributed by atoms with Crippen molar-refractivity contribution in [3.63, 3.8) is 0 Å². The van der Waals surface area contributed by atoms with Gasteiger partial charge in [-0.3, -0.25) is 0 Å². The first-order chi connectivity index (χ1) is 11.7. The van der Waals surface area contributed by atoms with Crippen molar-refractivity contribution in [1.29, 1.82) is 0 Å². The highest BCUT2D eigenvalue weighted by Gasteiger charge is 2.32. The van der Waals surface area contributed by atoms with Crippen LogP contribution in [0.1, 0.15) is 18.9 Å². The SMILES string of the molecule is CC1NCCC2=C1NC1=CC=C(OCc3cccc(Cl)c3)C=CC12. The molecule has 4 rings (SSSR count). The Morgan fingerprint density at radius 1 is 1.29 bits per heavy atom. The van der Waals surface area contributed by atoms with Crippen LogP contribution in [0, 0.1) is 5.92 Å². The van der Waals surface area contributed by atoms with Crippen molar-refractivity contribution in [3.05, 3.63) is 81.9 Å². The Balaban J connectivity index is 1.47. The van der Waals surface area contributed by atoms with E-state index in [9.17, 15) is 0 Å². The van der Waals surface area contributed by atoms with Crippen molar-refractivity contribution >= 4 is 11.6 Å². The van der Waals surface area contributed by atoms with E-state index in [2.05, 4.69) is 35.8 Å². The largest absolute Gasteiger partial charge is 0.489 e. The molecule has 2 atom stereocenters. The van der Waals surface area contributed by atoms with Crippen LogP contribution in [-0.4, -0.2) is 12.6 Å². The van der Waals surface area contributed by atoms with Crippen molar-refractivity contribution < 1.29 is 4.74 Å². The third kappa shape index (κ3) is 3.02. The third-order valence-corrected chi connectivity index (χ3v) is 5.02. The molecule has 0 saturated heterocycles. The van der Waals surface area contributed by atoms with Crippen molar-refractivity contribution in [3.8, 4) is 0 Å². The molecule has 1 aromatic rings. The normalized spacial score (nSPS) is 25.2. The molecule has 0 saturated carbocycles. The van der Waals surface area contributed by atoms with Gasteiger partial charge in [0.15, 0.2) is 0 Å². The van der Waals surface area contributed by atoms with Crippen molar-refractivity contribution in [2.45, 2.75) is 26.0 Å². The summed E-state index contributed by atoms with van der Waals surface area (Å²) in [7, 11) is 0. The van der Waals surface area contributed by atoms with Gasteiger partial charge in [-0.15, -0.1) is 0 Å². The molecule has 1 aromatic carbocycles. The molecule has 2 N–H and O–H groups in total. The topological polar surface area (TPSA) is 33.3 Å². The maximum atomic E-state index is 6.02. The maximum absolute atomic E-state index is 6.02. The maximum Gasteiger partial charge on any atom is 0.119 e. The average Bonchev–Trinajstić information content (AvgIpc) is 2.81. The lowest BCUT2D eigenvalue weighted by Crippen LogP contribution is -2.36. The molecule has 24 heavy (non-hydrogen) atoms. The van der Waals surface area contributed by atoms with Crippen LogP contribution in [0.2, 0.25) is 5.02 Å². The Bertz CT molecular complexity index is 776. The van der Waals surface area contributed by atoms with E-state index >= 15 is 0 Å². The van der Waals surface area contributed by atoms with E-state index in [1.165, 1.54) is 17.0 Å². The van der Waals surface area contributed by atoms with Gasteiger partial charge in [0.2, 0.25) is 0 Å². The summed E-state index contributed by atoms with van der Waals surface area (Å²) in [4.78, 5) is 0. The molecule has 1 aliphatic carbocycles. The molecule has 4 heteroatoms. The molecule has 0 fully saturated rings. The summed E-state index contributed by atoms with van der Waals surface area (Å²) in [5.74, 6) is 1.23. The first-order valence-corrected chi connectivity index (χ1v) is 8.79. The molecule has 0 amide bonds. The quantitative estimate of drug-likeness (QED) is 0.871. The van der Waals surface area contributed by atoms with Crippen LogP contribution < -0.4 is 10.6 Å². The minimum Gasteiger partial charge on any atom is -0.489 e. The van der Waals surface area contributed by atoms with E-state index in [-0.39, 0.29) is 0 Å². The highest BCUT2D eigenvalue weighted by Crippen LogP contribution is 2.36. The molecule has 0 aromatic heterocycles. The summed E-state index contributed by atoms with van der Waals surface area (Å²) in [6.45, 7) is 3.78. The van der Waals surface area contributed by atoms with Crippen molar-refractivity contribution in [1.82, 2.24) is 10.6 Å². The molecule has 3 aliphatic rings. The highest BCUT2D eigenvalue weighted by molar-refractivity contribution is 6.30. The van der Waals surface area contributed by atoms with Gasteiger partial charge in [-0.25, -0.2) is 0 Å². The van der Waals surface area contributed by atoms with Gasteiger partial charge in [0.05, 0.1) is 0 Å².